The summed E-state index contributed by atoms with van der Waals surface area (Å²) in [5.41, 5.74) is 1.16. The number of ether oxygens (including phenoxy) is 3. The second-order valence-electron chi connectivity index (χ2n) is 12.2. The van der Waals surface area contributed by atoms with Crippen LogP contribution in [0, 0.1) is 5.41 Å². The molecule has 0 fully saturated rings. The molecule has 0 N–H and O–H groups in total. The van der Waals surface area contributed by atoms with E-state index in [4.69, 9.17) is 14.2 Å². The van der Waals surface area contributed by atoms with Gasteiger partial charge < -0.3 is 14.2 Å². The molecule has 3 aliphatic heterocycles. The molecule has 3 aromatic carbocycles. The Balaban J connectivity index is 1.06. The van der Waals surface area contributed by atoms with Gasteiger partial charge in [-0.1, -0.05) is 79.7 Å². The monoisotopic (exact) mass is 620 g/mol. The highest BCUT2D eigenvalue weighted by atomic mass is 19.4. The Bertz CT molecular complexity index is 1500. The second-order valence-corrected chi connectivity index (χ2v) is 12.2. The van der Waals surface area contributed by atoms with Crippen molar-refractivity contribution >= 4 is 0 Å². The molecule has 3 aromatic rings. The number of rotatable bonds is 16. The lowest BCUT2D eigenvalue weighted by Gasteiger charge is -2.32. The van der Waals surface area contributed by atoms with E-state index in [-0.39, 0.29) is 12.2 Å². The summed E-state index contributed by atoms with van der Waals surface area (Å²) >= 11 is 0. The van der Waals surface area contributed by atoms with Crippen LogP contribution < -0.4 is 0 Å². The summed E-state index contributed by atoms with van der Waals surface area (Å²) in [6.07, 6.45) is -3.83. The van der Waals surface area contributed by atoms with Gasteiger partial charge in [0.1, 0.15) is 0 Å². The van der Waals surface area contributed by atoms with Gasteiger partial charge in [-0.25, -0.2) is 0 Å². The van der Waals surface area contributed by atoms with Crippen molar-refractivity contribution in [1.29, 1.82) is 0 Å². The van der Waals surface area contributed by atoms with Crippen LogP contribution in [0.4, 0.5) is 13.2 Å². The highest BCUT2D eigenvalue weighted by Gasteiger charge is 2.65. The minimum absolute atomic E-state index is 0.00503. The van der Waals surface area contributed by atoms with Crippen LogP contribution in [0.25, 0.3) is 0 Å². The van der Waals surface area contributed by atoms with Crippen LogP contribution in [0.2, 0.25) is 0 Å². The van der Waals surface area contributed by atoms with Crippen molar-refractivity contribution in [3.05, 3.63) is 106 Å². The molecule has 0 aliphatic carbocycles. The van der Waals surface area contributed by atoms with Gasteiger partial charge in [-0.05, 0) is 37.0 Å². The predicted octanol–water partition coefficient (Wildman–Crippen LogP) is 8.49. The summed E-state index contributed by atoms with van der Waals surface area (Å²) < 4.78 is 58.7. The number of benzene rings is 3. The van der Waals surface area contributed by atoms with E-state index < -0.39 is 28.6 Å². The topological polar surface area (TPSA) is 102 Å². The fourth-order valence-electron chi connectivity index (χ4n) is 5.08. The summed E-state index contributed by atoms with van der Waals surface area (Å²) in [5, 5.41) is 22.9. The average Bonchev–Trinajstić information content (AvgIpc) is 3.92. The van der Waals surface area contributed by atoms with E-state index in [0.717, 1.165) is 34.2 Å². The van der Waals surface area contributed by atoms with Gasteiger partial charge in [-0.2, -0.15) is 33.6 Å². The maximum absolute atomic E-state index is 13.4. The normalized spacial score (nSPS) is 18.3. The Morgan fingerprint density at radius 3 is 1.13 bits per heavy atom. The van der Waals surface area contributed by atoms with Crippen molar-refractivity contribution < 1.29 is 27.4 Å². The third kappa shape index (κ3) is 6.87. The Morgan fingerprint density at radius 2 is 0.867 bits per heavy atom. The molecule has 0 amide bonds. The molecule has 45 heavy (non-hydrogen) atoms. The van der Waals surface area contributed by atoms with Gasteiger partial charge in [0, 0.05) is 22.1 Å². The van der Waals surface area contributed by atoms with E-state index >= 15 is 0 Å². The lowest BCUT2D eigenvalue weighted by molar-refractivity contribution is -0.166. The first kappa shape index (κ1) is 31.1. The van der Waals surface area contributed by atoms with E-state index in [2.05, 4.69) is 37.6 Å². The zero-order valence-electron chi connectivity index (χ0n) is 25.4. The van der Waals surface area contributed by atoms with Gasteiger partial charge in [-0.15, -0.1) is 10.2 Å². The summed E-state index contributed by atoms with van der Waals surface area (Å²) in [6, 6.07) is 22.2. The van der Waals surface area contributed by atoms with E-state index in [1.54, 1.807) is 12.1 Å². The smallest absolute Gasteiger partial charge is 0.376 e. The molecular formula is C33H35F3N6O3. The van der Waals surface area contributed by atoms with E-state index in [9.17, 15) is 13.2 Å². The molecule has 0 unspecified atom stereocenters. The third-order valence-corrected chi connectivity index (χ3v) is 8.63. The highest BCUT2D eigenvalue weighted by molar-refractivity contribution is 5.33. The molecule has 3 aliphatic rings. The van der Waals surface area contributed by atoms with Crippen LogP contribution >= 0.6 is 0 Å². The zero-order chi connectivity index (χ0) is 31.8. The SMILES string of the molecule is CCC(COCc1ccc(C2(C)N=N2)cc1)(COCc1ccc(C2(C)N=N2)cc1)COCc1ccc(C2(C(F)(F)F)N=N2)cc1. The van der Waals surface area contributed by atoms with Crippen molar-refractivity contribution in [3.8, 4) is 0 Å². The lowest BCUT2D eigenvalue weighted by atomic mass is 9.88. The van der Waals surface area contributed by atoms with Crippen LogP contribution in [0.5, 0.6) is 0 Å². The molecule has 0 spiro atoms. The van der Waals surface area contributed by atoms with Crippen LogP contribution in [0.15, 0.2) is 103 Å². The Hall–Kier alpha value is -3.87. The molecule has 9 nitrogen and oxygen atoms in total. The number of nitrogens with zero attached hydrogens (tertiary/aromatic N) is 6. The summed E-state index contributed by atoms with van der Waals surface area (Å²) in [6.45, 7) is 8.18. The van der Waals surface area contributed by atoms with Gasteiger partial charge in [-0.3, -0.25) is 0 Å². The van der Waals surface area contributed by atoms with Crippen molar-refractivity contribution in [2.24, 2.45) is 36.1 Å². The first-order chi connectivity index (χ1) is 21.5. The minimum atomic E-state index is -4.56. The third-order valence-electron chi connectivity index (χ3n) is 8.63. The van der Waals surface area contributed by atoms with Gasteiger partial charge in [0.2, 0.25) is 11.3 Å². The predicted molar refractivity (Wildman–Crippen MR) is 158 cm³/mol. The molecule has 0 aromatic heterocycles. The number of halogens is 3. The first-order valence-electron chi connectivity index (χ1n) is 14.9. The fraction of sp³-hybridized carbons (Fsp3) is 0.455. The first-order valence-corrected chi connectivity index (χ1v) is 14.9. The van der Waals surface area contributed by atoms with Crippen molar-refractivity contribution in [3.63, 3.8) is 0 Å². The van der Waals surface area contributed by atoms with Crippen molar-refractivity contribution in [1.82, 2.24) is 0 Å². The Morgan fingerprint density at radius 1 is 0.533 bits per heavy atom. The van der Waals surface area contributed by atoms with Gasteiger partial charge >= 0.3 is 11.8 Å². The molecule has 0 atom stereocenters. The van der Waals surface area contributed by atoms with E-state index in [1.165, 1.54) is 12.1 Å². The molecule has 0 saturated heterocycles. The maximum Gasteiger partial charge on any atom is 0.442 e. The molecule has 3 heterocycles. The van der Waals surface area contributed by atoms with Crippen LogP contribution in [-0.2, 0) is 51.0 Å². The van der Waals surface area contributed by atoms with Crippen molar-refractivity contribution in [2.45, 2.75) is 70.2 Å². The largest absolute Gasteiger partial charge is 0.442 e. The van der Waals surface area contributed by atoms with Gasteiger partial charge in [0.05, 0.1) is 39.6 Å². The second kappa shape index (κ2) is 11.8. The molecule has 0 radical (unpaired) electrons. The molecule has 0 bridgehead atoms. The number of alkyl halides is 3. The summed E-state index contributed by atoms with van der Waals surface area (Å²) in [5.74, 6) is 0. The Kier molecular flexibility index (Phi) is 8.17. The van der Waals surface area contributed by atoms with Gasteiger partial charge in [0.25, 0.3) is 0 Å². The van der Waals surface area contributed by atoms with Crippen LogP contribution in [0.3, 0.4) is 0 Å². The molecule has 6 rings (SSSR count). The molecule has 0 saturated carbocycles. The fourth-order valence-corrected chi connectivity index (χ4v) is 5.08. The highest BCUT2D eigenvalue weighted by Crippen LogP contribution is 2.52. The summed E-state index contributed by atoms with van der Waals surface area (Å²) in [4.78, 5) is 0. The van der Waals surface area contributed by atoms with E-state index in [0.29, 0.717) is 33.0 Å². The van der Waals surface area contributed by atoms with Crippen molar-refractivity contribution in [2.75, 3.05) is 19.8 Å². The minimum Gasteiger partial charge on any atom is -0.376 e. The maximum atomic E-state index is 13.4. The van der Waals surface area contributed by atoms with Gasteiger partial charge in [0.15, 0.2) is 0 Å². The lowest BCUT2D eigenvalue weighted by Crippen LogP contribution is -2.36. The zero-order valence-corrected chi connectivity index (χ0v) is 25.4. The number of hydrogen-bond acceptors (Lipinski definition) is 9. The molecule has 12 heteroatoms. The molecule has 236 valence electrons. The molecular weight excluding hydrogens is 585 g/mol. The quantitative estimate of drug-likeness (QED) is 0.160. The number of hydrogen-bond donors (Lipinski definition) is 0. The average molecular weight is 621 g/mol. The summed E-state index contributed by atoms with van der Waals surface area (Å²) in [7, 11) is 0. The standard InChI is InChI=1S/C33H35F3N6O3/c1-4-31(20-43-17-23-5-11-26(12-6-23)29(2)37-38-29,21-44-18-24-7-13-27(14-8-24)30(3)39-40-30)22-45-19-25-9-15-28(16-10-25)32(41-42-32)33(34,35)36/h5-16H,4,17-22H2,1-3H3. The van der Waals surface area contributed by atoms with Crippen LogP contribution in [0.1, 0.15) is 60.6 Å². The Labute approximate surface area is 259 Å². The van der Waals surface area contributed by atoms with E-state index in [1.807, 2.05) is 62.4 Å². The van der Waals surface area contributed by atoms with Crippen LogP contribution in [-0.4, -0.2) is 26.0 Å².